The van der Waals surface area contributed by atoms with Gasteiger partial charge in [0.05, 0.1) is 0 Å². The third-order valence-electron chi connectivity index (χ3n) is 3.70. The lowest BCUT2D eigenvalue weighted by molar-refractivity contribution is -0.389. The van der Waals surface area contributed by atoms with Crippen molar-refractivity contribution < 1.29 is 27.6 Å². The van der Waals surface area contributed by atoms with Crippen molar-refractivity contribution in [2.45, 2.75) is 19.5 Å². The molecule has 29 heavy (non-hydrogen) atoms. The van der Waals surface area contributed by atoms with Gasteiger partial charge in [-0.2, -0.15) is 0 Å². The summed E-state index contributed by atoms with van der Waals surface area (Å²) in [5.41, 5.74) is -0.577. The molecule has 3 rings (SSSR count). The van der Waals surface area contributed by atoms with Gasteiger partial charge in [0.15, 0.2) is 0 Å². The van der Waals surface area contributed by atoms with E-state index in [0.29, 0.717) is 5.56 Å². The Morgan fingerprint density at radius 1 is 1.31 bits per heavy atom. The highest BCUT2D eigenvalue weighted by Crippen LogP contribution is 2.23. The van der Waals surface area contributed by atoms with Gasteiger partial charge in [0, 0.05) is 18.9 Å². The van der Waals surface area contributed by atoms with Crippen molar-refractivity contribution in [1.29, 1.82) is 0 Å². The van der Waals surface area contributed by atoms with Crippen LogP contribution in [0.2, 0.25) is 0 Å². The number of hydrogen-bond donors (Lipinski definition) is 1. The molecule has 152 valence electrons. The van der Waals surface area contributed by atoms with Gasteiger partial charge in [0.1, 0.15) is 18.5 Å². The lowest BCUT2D eigenvalue weighted by atomic mass is 10.2. The maximum atomic E-state index is 12.3. The van der Waals surface area contributed by atoms with E-state index in [-0.39, 0.29) is 12.2 Å². The summed E-state index contributed by atoms with van der Waals surface area (Å²) in [6.45, 7) is -0.505. The van der Waals surface area contributed by atoms with Crippen LogP contribution in [0.4, 0.5) is 19.0 Å². The Morgan fingerprint density at radius 3 is 2.76 bits per heavy atom. The molecule has 0 aliphatic carbocycles. The zero-order valence-corrected chi connectivity index (χ0v) is 14.4. The number of ether oxygens (including phenoxy) is 1. The van der Waals surface area contributed by atoms with E-state index in [1.165, 1.54) is 28.9 Å². The molecule has 2 heterocycles. The number of benzene rings is 1. The molecule has 1 amide bonds. The zero-order valence-electron chi connectivity index (χ0n) is 14.4. The third kappa shape index (κ3) is 4.88. The first-order valence-electron chi connectivity index (χ1n) is 7.96. The van der Waals surface area contributed by atoms with Crippen molar-refractivity contribution in [1.82, 2.24) is 19.3 Å². The van der Waals surface area contributed by atoms with Gasteiger partial charge in [-0.1, -0.05) is 12.1 Å². The summed E-state index contributed by atoms with van der Waals surface area (Å²) in [5, 5.41) is 13.2. The number of fused-ring (bicyclic) bond motifs is 1. The summed E-state index contributed by atoms with van der Waals surface area (Å²) >= 11 is 0. The predicted molar refractivity (Wildman–Crippen MR) is 91.1 cm³/mol. The second-order valence-corrected chi connectivity index (χ2v) is 5.79. The topological polar surface area (TPSA) is 121 Å². The minimum absolute atomic E-state index is 0.0975. The minimum Gasteiger partial charge on any atom is -0.406 e. The minimum atomic E-state index is -4.83. The summed E-state index contributed by atoms with van der Waals surface area (Å²) in [7, 11) is 0. The molecule has 0 saturated carbocycles. The zero-order chi connectivity index (χ0) is 21.2. The fraction of sp³-hybridized carbons (Fsp3) is 0.188. The van der Waals surface area contributed by atoms with Gasteiger partial charge in [0.25, 0.3) is 0 Å². The molecule has 0 radical (unpaired) electrons. The quantitative estimate of drug-likeness (QED) is 0.486. The fourth-order valence-corrected chi connectivity index (χ4v) is 2.48. The second kappa shape index (κ2) is 7.61. The molecule has 3 aromatic rings. The van der Waals surface area contributed by atoms with Crippen LogP contribution in [0, 0.1) is 10.1 Å². The molecule has 10 nitrogen and oxygen atoms in total. The smallest absolute Gasteiger partial charge is 0.406 e. The number of nitrogens with zero attached hydrogens (tertiary/aromatic N) is 4. The Kier molecular flexibility index (Phi) is 5.21. The summed E-state index contributed by atoms with van der Waals surface area (Å²) < 4.78 is 42.7. The number of nitro groups is 1. The van der Waals surface area contributed by atoms with Gasteiger partial charge >= 0.3 is 23.4 Å². The number of hydrogen-bond acceptors (Lipinski definition) is 6. The van der Waals surface area contributed by atoms with Gasteiger partial charge in [-0.25, -0.2) is 0 Å². The van der Waals surface area contributed by atoms with Gasteiger partial charge in [0.2, 0.25) is 5.91 Å². The number of imidazole rings is 1. The van der Waals surface area contributed by atoms with E-state index in [0.717, 1.165) is 22.9 Å². The van der Waals surface area contributed by atoms with E-state index in [1.807, 2.05) is 0 Å². The number of carbonyl (C=O) groups excluding carboxylic acids is 1. The number of amides is 1. The van der Waals surface area contributed by atoms with E-state index in [2.05, 4.69) is 15.0 Å². The molecule has 0 bridgehead atoms. The Labute approximate surface area is 159 Å². The number of rotatable bonds is 6. The number of halogens is 3. The molecular formula is C16H12F3N5O5. The first kappa shape index (κ1) is 19.9. The number of carbonyl (C=O) groups is 1. The fourth-order valence-electron chi connectivity index (χ4n) is 2.48. The lowest BCUT2D eigenvalue weighted by Gasteiger charge is -2.11. The standard InChI is InChI=1S/C16H12F3N5O5/c17-16(18,19)29-11-3-1-2-10(6-11)7-20-13(25)9-23-5-4-22-8-12(24(27)28)21-14(22)15(23)26/h1-6,8H,7,9H2,(H,20,25). The summed E-state index contributed by atoms with van der Waals surface area (Å²) in [6, 6.07) is 5.07. The largest absolute Gasteiger partial charge is 0.573 e. The van der Waals surface area contributed by atoms with Crippen molar-refractivity contribution in [3.8, 4) is 5.75 Å². The molecule has 2 aromatic heterocycles. The van der Waals surface area contributed by atoms with Gasteiger partial charge in [-0.05, 0) is 27.6 Å². The molecule has 0 spiro atoms. The van der Waals surface area contributed by atoms with Crippen LogP contribution in [0.5, 0.6) is 5.75 Å². The summed E-state index contributed by atoms with van der Waals surface area (Å²) in [4.78, 5) is 38.0. The van der Waals surface area contributed by atoms with E-state index < -0.39 is 40.9 Å². The normalized spacial score (nSPS) is 11.4. The second-order valence-electron chi connectivity index (χ2n) is 5.79. The summed E-state index contributed by atoms with van der Waals surface area (Å²) in [6.07, 6.45) is -1.17. The van der Waals surface area contributed by atoms with E-state index in [4.69, 9.17) is 0 Å². The van der Waals surface area contributed by atoms with Gasteiger partial charge < -0.3 is 20.2 Å². The molecule has 0 aliphatic rings. The van der Waals surface area contributed by atoms with E-state index in [9.17, 15) is 32.9 Å². The average molecular weight is 411 g/mol. The van der Waals surface area contributed by atoms with Crippen LogP contribution in [0.25, 0.3) is 5.65 Å². The highest BCUT2D eigenvalue weighted by molar-refractivity contribution is 5.75. The molecule has 0 atom stereocenters. The van der Waals surface area contributed by atoms with Crippen LogP contribution in [-0.2, 0) is 17.9 Å². The highest BCUT2D eigenvalue weighted by atomic mass is 19.4. The van der Waals surface area contributed by atoms with E-state index in [1.54, 1.807) is 0 Å². The van der Waals surface area contributed by atoms with Crippen LogP contribution in [0.1, 0.15) is 5.56 Å². The van der Waals surface area contributed by atoms with Crippen LogP contribution in [0.15, 0.2) is 47.7 Å². The van der Waals surface area contributed by atoms with Crippen LogP contribution in [-0.4, -0.2) is 31.1 Å². The maximum absolute atomic E-state index is 12.3. The first-order valence-corrected chi connectivity index (χ1v) is 7.96. The Hall–Kier alpha value is -3.90. The van der Waals surface area contributed by atoms with Crippen molar-refractivity contribution >= 4 is 17.4 Å². The molecule has 1 N–H and O–H groups in total. The predicted octanol–water partition coefficient (Wildman–Crippen LogP) is 1.62. The van der Waals surface area contributed by atoms with Crippen molar-refractivity contribution in [3.05, 3.63) is 68.9 Å². The van der Waals surface area contributed by atoms with Crippen molar-refractivity contribution in [3.63, 3.8) is 0 Å². The number of nitrogens with one attached hydrogen (secondary N) is 1. The van der Waals surface area contributed by atoms with Crippen LogP contribution < -0.4 is 15.6 Å². The monoisotopic (exact) mass is 411 g/mol. The first-order chi connectivity index (χ1) is 13.6. The molecule has 0 unspecified atom stereocenters. The molecule has 1 aromatic carbocycles. The van der Waals surface area contributed by atoms with Crippen LogP contribution >= 0.6 is 0 Å². The van der Waals surface area contributed by atoms with Gasteiger partial charge in [-0.15, -0.1) is 13.2 Å². The molecular weight excluding hydrogens is 399 g/mol. The average Bonchev–Trinajstić information content (AvgIpc) is 3.07. The number of alkyl halides is 3. The Balaban J connectivity index is 1.67. The maximum Gasteiger partial charge on any atom is 0.573 e. The molecule has 0 saturated heterocycles. The molecule has 0 fully saturated rings. The highest BCUT2D eigenvalue weighted by Gasteiger charge is 2.31. The lowest BCUT2D eigenvalue weighted by Crippen LogP contribution is -2.32. The Morgan fingerprint density at radius 2 is 2.07 bits per heavy atom. The third-order valence-corrected chi connectivity index (χ3v) is 3.70. The Bertz CT molecular complexity index is 1140. The van der Waals surface area contributed by atoms with Gasteiger partial charge in [-0.3, -0.25) is 18.6 Å². The van der Waals surface area contributed by atoms with Crippen LogP contribution in [0.3, 0.4) is 0 Å². The number of aromatic nitrogens is 3. The molecule has 0 aliphatic heterocycles. The summed E-state index contributed by atoms with van der Waals surface area (Å²) in [5.74, 6) is -1.53. The van der Waals surface area contributed by atoms with Crippen molar-refractivity contribution in [2.75, 3.05) is 0 Å². The SMILES string of the molecule is O=C(Cn1ccn2cc([N+](=O)[O-])nc2c1=O)NCc1cccc(OC(F)(F)F)c1. The van der Waals surface area contributed by atoms with E-state index >= 15 is 0 Å². The molecule has 13 heteroatoms. The van der Waals surface area contributed by atoms with Crippen molar-refractivity contribution in [2.24, 2.45) is 0 Å².